The lowest BCUT2D eigenvalue weighted by Crippen LogP contribution is -2.45. The highest BCUT2D eigenvalue weighted by Gasteiger charge is 2.32. The van der Waals surface area contributed by atoms with Crippen molar-refractivity contribution < 1.29 is 14.0 Å². The number of carbonyl (C=O) groups is 2. The number of nitrogens with zero attached hydrogens (tertiary/aromatic N) is 1. The van der Waals surface area contributed by atoms with E-state index < -0.39 is 11.9 Å². The highest BCUT2D eigenvalue weighted by molar-refractivity contribution is 6.31. The average Bonchev–Trinajstić information content (AvgIpc) is 2.53. The van der Waals surface area contributed by atoms with Crippen molar-refractivity contribution in [3.05, 3.63) is 29.0 Å². The smallest absolute Gasteiger partial charge is 0.249 e. The first-order valence-electron chi connectivity index (χ1n) is 6.94. The van der Waals surface area contributed by atoms with E-state index in [1.807, 2.05) is 13.8 Å². The first-order chi connectivity index (χ1) is 9.88. The second kappa shape index (κ2) is 6.43. The number of amides is 2. The quantitative estimate of drug-likeness (QED) is 0.933. The molecule has 1 aromatic rings. The number of carbonyl (C=O) groups excluding carboxylic acids is 2. The Hall–Kier alpha value is -1.62. The zero-order chi connectivity index (χ0) is 15.6. The Balaban J connectivity index is 2.35. The van der Waals surface area contributed by atoms with Gasteiger partial charge >= 0.3 is 0 Å². The van der Waals surface area contributed by atoms with E-state index in [4.69, 9.17) is 11.6 Å². The average molecular weight is 313 g/mol. The van der Waals surface area contributed by atoms with Crippen LogP contribution in [0.5, 0.6) is 0 Å². The summed E-state index contributed by atoms with van der Waals surface area (Å²) in [4.78, 5) is 25.6. The van der Waals surface area contributed by atoms with Crippen LogP contribution in [0.2, 0.25) is 5.02 Å². The van der Waals surface area contributed by atoms with E-state index in [-0.39, 0.29) is 36.4 Å². The van der Waals surface area contributed by atoms with Crippen LogP contribution in [0.3, 0.4) is 0 Å². The molecule has 1 N–H and O–H groups in total. The Kier molecular flexibility index (Phi) is 4.83. The number of nitrogens with one attached hydrogen (secondary N) is 1. The first kappa shape index (κ1) is 15.8. The molecule has 0 aromatic heterocycles. The van der Waals surface area contributed by atoms with Gasteiger partial charge in [0.1, 0.15) is 11.9 Å². The van der Waals surface area contributed by atoms with Crippen molar-refractivity contribution in [2.45, 2.75) is 32.7 Å². The molecular formula is C15H18ClFN2O2. The molecule has 1 aliphatic rings. The fraction of sp³-hybridized carbons (Fsp3) is 0.467. The van der Waals surface area contributed by atoms with Crippen LogP contribution in [0.25, 0.3) is 0 Å². The number of anilines is 1. The molecule has 4 nitrogen and oxygen atoms in total. The Bertz CT molecular complexity index is 563. The molecule has 0 spiro atoms. The Morgan fingerprint density at radius 2 is 2.14 bits per heavy atom. The van der Waals surface area contributed by atoms with Gasteiger partial charge < -0.3 is 10.2 Å². The van der Waals surface area contributed by atoms with Crippen LogP contribution in [0.1, 0.15) is 26.7 Å². The van der Waals surface area contributed by atoms with Crippen LogP contribution >= 0.6 is 11.6 Å². The van der Waals surface area contributed by atoms with Crippen molar-refractivity contribution >= 4 is 29.1 Å². The summed E-state index contributed by atoms with van der Waals surface area (Å²) < 4.78 is 14.0. The lowest BCUT2D eigenvalue weighted by Gasteiger charge is -2.25. The van der Waals surface area contributed by atoms with E-state index >= 15 is 0 Å². The summed E-state index contributed by atoms with van der Waals surface area (Å²) in [7, 11) is 0. The molecule has 2 rings (SSSR count). The summed E-state index contributed by atoms with van der Waals surface area (Å²) in [5, 5.41) is 3.06. The largest absolute Gasteiger partial charge is 0.344 e. The third kappa shape index (κ3) is 3.73. The summed E-state index contributed by atoms with van der Waals surface area (Å²) in [6.07, 6.45) is 0.662. The normalized spacial score (nSPS) is 19.7. The summed E-state index contributed by atoms with van der Waals surface area (Å²) in [6.45, 7) is 4.08. The fourth-order valence-corrected chi connectivity index (χ4v) is 2.57. The summed E-state index contributed by atoms with van der Waals surface area (Å²) in [5.41, 5.74) is 0.123. The number of hydrogen-bond donors (Lipinski definition) is 1. The van der Waals surface area contributed by atoms with Crippen LogP contribution < -0.4 is 10.2 Å². The van der Waals surface area contributed by atoms with Crippen LogP contribution in [0.4, 0.5) is 10.1 Å². The van der Waals surface area contributed by atoms with E-state index in [0.29, 0.717) is 11.4 Å². The summed E-state index contributed by atoms with van der Waals surface area (Å²) in [5.74, 6) is -0.775. The minimum absolute atomic E-state index is 0.123. The number of hydrogen-bond acceptors (Lipinski definition) is 2. The Morgan fingerprint density at radius 3 is 2.81 bits per heavy atom. The van der Waals surface area contributed by atoms with Gasteiger partial charge in [-0.2, -0.15) is 0 Å². The molecule has 1 heterocycles. The van der Waals surface area contributed by atoms with Gasteiger partial charge in [-0.15, -0.1) is 0 Å². The number of benzene rings is 1. The van der Waals surface area contributed by atoms with Crippen molar-refractivity contribution in [1.82, 2.24) is 5.32 Å². The molecule has 0 bridgehead atoms. The third-order valence-electron chi connectivity index (χ3n) is 3.37. The molecule has 0 aliphatic carbocycles. The van der Waals surface area contributed by atoms with Gasteiger partial charge in [0.25, 0.3) is 0 Å². The Morgan fingerprint density at radius 1 is 1.43 bits per heavy atom. The second-order valence-electron chi connectivity index (χ2n) is 5.59. The van der Waals surface area contributed by atoms with Crippen molar-refractivity contribution in [2.24, 2.45) is 5.92 Å². The molecule has 0 radical (unpaired) electrons. The molecule has 114 valence electrons. The van der Waals surface area contributed by atoms with E-state index in [2.05, 4.69) is 5.32 Å². The third-order valence-corrected chi connectivity index (χ3v) is 3.60. The maximum atomic E-state index is 14.0. The van der Waals surface area contributed by atoms with E-state index in [1.165, 1.54) is 23.1 Å². The van der Waals surface area contributed by atoms with Gasteiger partial charge in [0, 0.05) is 18.0 Å². The van der Waals surface area contributed by atoms with Crippen LogP contribution in [0, 0.1) is 11.7 Å². The van der Waals surface area contributed by atoms with Crippen molar-refractivity contribution in [3.8, 4) is 0 Å². The molecule has 1 saturated heterocycles. The topological polar surface area (TPSA) is 49.4 Å². The van der Waals surface area contributed by atoms with Gasteiger partial charge in [0.05, 0.1) is 5.69 Å². The predicted octanol–water partition coefficient (Wildman–Crippen LogP) is 2.75. The van der Waals surface area contributed by atoms with Crippen LogP contribution in [0.15, 0.2) is 18.2 Å². The molecule has 1 aliphatic heterocycles. The maximum absolute atomic E-state index is 14.0. The van der Waals surface area contributed by atoms with E-state index in [9.17, 15) is 14.0 Å². The lowest BCUT2D eigenvalue weighted by atomic mass is 10.0. The Labute approximate surface area is 128 Å². The maximum Gasteiger partial charge on any atom is 0.249 e. The van der Waals surface area contributed by atoms with Gasteiger partial charge in [-0.25, -0.2) is 4.39 Å². The molecule has 1 fully saturated rings. The molecule has 6 heteroatoms. The predicted molar refractivity (Wildman–Crippen MR) is 79.8 cm³/mol. The van der Waals surface area contributed by atoms with Crippen molar-refractivity contribution in [1.29, 1.82) is 0 Å². The van der Waals surface area contributed by atoms with Crippen molar-refractivity contribution in [2.75, 3.05) is 11.4 Å². The second-order valence-corrected chi connectivity index (χ2v) is 6.02. The van der Waals surface area contributed by atoms with E-state index in [0.717, 1.165) is 0 Å². The monoisotopic (exact) mass is 312 g/mol. The number of halogens is 2. The van der Waals surface area contributed by atoms with E-state index in [1.54, 1.807) is 0 Å². The lowest BCUT2D eigenvalue weighted by molar-refractivity contribution is -0.125. The zero-order valence-electron chi connectivity index (χ0n) is 12.0. The molecule has 2 amide bonds. The minimum Gasteiger partial charge on any atom is -0.344 e. The standard InChI is InChI=1S/C15H18ClFN2O2/c1-9(2)7-12-15(21)19(6-5-14(20)18-12)13-8-10(16)3-4-11(13)17/h3-4,8-9,12H,5-7H2,1-2H3,(H,18,20). The summed E-state index contributed by atoms with van der Waals surface area (Å²) in [6, 6.07) is 3.44. The fourth-order valence-electron chi connectivity index (χ4n) is 2.40. The van der Waals surface area contributed by atoms with Gasteiger partial charge in [-0.1, -0.05) is 25.4 Å². The molecule has 1 atom stereocenters. The molecule has 1 aromatic carbocycles. The molecule has 0 saturated carbocycles. The zero-order valence-corrected chi connectivity index (χ0v) is 12.8. The molecular weight excluding hydrogens is 295 g/mol. The van der Waals surface area contributed by atoms with Gasteiger partial charge in [0.2, 0.25) is 11.8 Å². The van der Waals surface area contributed by atoms with Crippen LogP contribution in [-0.2, 0) is 9.59 Å². The minimum atomic E-state index is -0.626. The SMILES string of the molecule is CC(C)CC1NC(=O)CCN(c2cc(Cl)ccc2F)C1=O. The van der Waals surface area contributed by atoms with Gasteiger partial charge in [-0.3, -0.25) is 9.59 Å². The van der Waals surface area contributed by atoms with Gasteiger partial charge in [-0.05, 0) is 30.5 Å². The van der Waals surface area contributed by atoms with Crippen LogP contribution in [-0.4, -0.2) is 24.4 Å². The van der Waals surface area contributed by atoms with Gasteiger partial charge in [0.15, 0.2) is 0 Å². The molecule has 21 heavy (non-hydrogen) atoms. The highest BCUT2D eigenvalue weighted by Crippen LogP contribution is 2.26. The first-order valence-corrected chi connectivity index (χ1v) is 7.32. The van der Waals surface area contributed by atoms with Crippen molar-refractivity contribution in [3.63, 3.8) is 0 Å². The highest BCUT2D eigenvalue weighted by atomic mass is 35.5. The number of rotatable bonds is 3. The summed E-state index contributed by atoms with van der Waals surface area (Å²) >= 11 is 5.89. The molecule has 1 unspecified atom stereocenters.